The standard InChI is InChI=1S/C5H8FNO3/c6-4(3-8)1-2-10-5(7)9/h1,8H,2-3H2,(H2,7,9)/b4-1-. The summed E-state index contributed by atoms with van der Waals surface area (Å²) in [6, 6.07) is 0. The lowest BCUT2D eigenvalue weighted by molar-refractivity contribution is 0.168. The first-order chi connectivity index (χ1) is 4.66. The van der Waals surface area contributed by atoms with Crippen molar-refractivity contribution in [3.8, 4) is 0 Å². The highest BCUT2D eigenvalue weighted by atomic mass is 19.1. The van der Waals surface area contributed by atoms with E-state index in [-0.39, 0.29) is 6.61 Å². The van der Waals surface area contributed by atoms with Crippen LogP contribution in [-0.2, 0) is 4.74 Å². The average molecular weight is 149 g/mol. The quantitative estimate of drug-likeness (QED) is 0.589. The molecule has 0 aliphatic carbocycles. The second-order valence-electron chi connectivity index (χ2n) is 1.44. The minimum Gasteiger partial charge on any atom is -0.445 e. The lowest BCUT2D eigenvalue weighted by Crippen LogP contribution is -2.12. The number of nitrogens with two attached hydrogens (primary N) is 1. The summed E-state index contributed by atoms with van der Waals surface area (Å²) < 4.78 is 16.1. The summed E-state index contributed by atoms with van der Waals surface area (Å²) >= 11 is 0. The molecule has 0 saturated heterocycles. The van der Waals surface area contributed by atoms with Gasteiger partial charge in [0.05, 0.1) is 6.61 Å². The van der Waals surface area contributed by atoms with Crippen LogP contribution >= 0.6 is 0 Å². The van der Waals surface area contributed by atoms with E-state index in [1.54, 1.807) is 0 Å². The van der Waals surface area contributed by atoms with Crippen LogP contribution in [0.15, 0.2) is 11.9 Å². The van der Waals surface area contributed by atoms with Crippen molar-refractivity contribution in [2.75, 3.05) is 13.2 Å². The molecule has 0 aromatic heterocycles. The molecule has 5 heteroatoms. The number of carbonyl (C=O) groups excluding carboxylic acids is 1. The second-order valence-corrected chi connectivity index (χ2v) is 1.44. The van der Waals surface area contributed by atoms with Crippen molar-refractivity contribution in [3.05, 3.63) is 11.9 Å². The topological polar surface area (TPSA) is 72.6 Å². The third-order valence-electron chi connectivity index (χ3n) is 0.681. The van der Waals surface area contributed by atoms with Gasteiger partial charge in [0.15, 0.2) is 0 Å². The van der Waals surface area contributed by atoms with Crippen LogP contribution in [0.25, 0.3) is 0 Å². The Bertz CT molecular complexity index is 146. The SMILES string of the molecule is NC(=O)OC/C=C(\F)CO. The highest BCUT2D eigenvalue weighted by molar-refractivity contribution is 5.64. The van der Waals surface area contributed by atoms with E-state index in [9.17, 15) is 9.18 Å². The fraction of sp³-hybridized carbons (Fsp3) is 0.400. The Balaban J connectivity index is 3.43. The molecule has 0 aliphatic rings. The van der Waals surface area contributed by atoms with Gasteiger partial charge >= 0.3 is 6.09 Å². The van der Waals surface area contributed by atoms with E-state index >= 15 is 0 Å². The molecule has 0 fully saturated rings. The number of ether oxygens (including phenoxy) is 1. The lowest BCUT2D eigenvalue weighted by atomic mass is 10.5. The zero-order valence-corrected chi connectivity index (χ0v) is 5.21. The fourth-order valence-electron chi connectivity index (χ4n) is 0.279. The molecule has 58 valence electrons. The van der Waals surface area contributed by atoms with E-state index in [1.165, 1.54) is 0 Å². The van der Waals surface area contributed by atoms with E-state index in [0.29, 0.717) is 0 Å². The molecule has 0 heterocycles. The van der Waals surface area contributed by atoms with Gasteiger partial charge in [-0.1, -0.05) is 0 Å². The summed E-state index contributed by atoms with van der Waals surface area (Å²) in [5, 5.41) is 8.08. The third kappa shape index (κ3) is 5.04. The number of hydrogen-bond acceptors (Lipinski definition) is 3. The molecule has 0 unspecified atom stereocenters. The highest BCUT2D eigenvalue weighted by Gasteiger charge is 1.92. The molecule has 3 N–H and O–H groups in total. The minimum atomic E-state index is -0.970. The number of halogens is 1. The number of aliphatic hydroxyl groups excluding tert-OH is 1. The molecule has 10 heavy (non-hydrogen) atoms. The number of hydrogen-bond donors (Lipinski definition) is 2. The van der Waals surface area contributed by atoms with E-state index in [4.69, 9.17) is 5.11 Å². The molecule has 0 radical (unpaired) electrons. The molecule has 0 spiro atoms. The molecule has 1 amide bonds. The van der Waals surface area contributed by atoms with Gasteiger partial charge in [0.1, 0.15) is 12.4 Å². The van der Waals surface area contributed by atoms with Crippen molar-refractivity contribution in [2.45, 2.75) is 0 Å². The molecule has 4 nitrogen and oxygen atoms in total. The Morgan fingerprint density at radius 3 is 2.80 bits per heavy atom. The van der Waals surface area contributed by atoms with Gasteiger partial charge in [-0.15, -0.1) is 0 Å². The van der Waals surface area contributed by atoms with Crippen LogP contribution in [0.1, 0.15) is 0 Å². The van der Waals surface area contributed by atoms with Gasteiger partial charge in [-0.05, 0) is 6.08 Å². The van der Waals surface area contributed by atoms with E-state index in [1.807, 2.05) is 0 Å². The Morgan fingerprint density at radius 2 is 2.40 bits per heavy atom. The van der Waals surface area contributed by atoms with Gasteiger partial charge in [-0.2, -0.15) is 0 Å². The molecular weight excluding hydrogens is 141 g/mol. The van der Waals surface area contributed by atoms with Crippen molar-refractivity contribution >= 4 is 6.09 Å². The number of rotatable bonds is 3. The Morgan fingerprint density at radius 1 is 1.80 bits per heavy atom. The van der Waals surface area contributed by atoms with Crippen molar-refractivity contribution in [3.63, 3.8) is 0 Å². The zero-order chi connectivity index (χ0) is 7.98. The van der Waals surface area contributed by atoms with E-state index in [0.717, 1.165) is 6.08 Å². The van der Waals surface area contributed by atoms with Crippen molar-refractivity contribution < 1.29 is 19.0 Å². The van der Waals surface area contributed by atoms with E-state index < -0.39 is 18.5 Å². The summed E-state index contributed by atoms with van der Waals surface area (Å²) in [6.07, 6.45) is -0.0490. The van der Waals surface area contributed by atoms with Crippen LogP contribution in [0.4, 0.5) is 9.18 Å². The largest absolute Gasteiger partial charge is 0.445 e. The van der Waals surface area contributed by atoms with Gasteiger partial charge in [-0.3, -0.25) is 0 Å². The maximum atomic E-state index is 12.0. The first-order valence-corrected chi connectivity index (χ1v) is 2.54. The average Bonchev–Trinajstić information content (AvgIpc) is 1.87. The molecule has 0 aliphatic heterocycles. The van der Waals surface area contributed by atoms with Crippen LogP contribution in [-0.4, -0.2) is 24.4 Å². The molecule has 0 rings (SSSR count). The Labute approximate surface area is 57.1 Å². The number of carbonyl (C=O) groups is 1. The Hall–Kier alpha value is -1.10. The lowest BCUT2D eigenvalue weighted by Gasteiger charge is -1.94. The molecule has 0 aromatic rings. The van der Waals surface area contributed by atoms with Gasteiger partial charge in [0.2, 0.25) is 0 Å². The summed E-state index contributed by atoms with van der Waals surface area (Å²) in [4.78, 5) is 9.85. The Kier molecular flexibility index (Phi) is 4.23. The normalized spacial score (nSPS) is 11.2. The van der Waals surface area contributed by atoms with E-state index in [2.05, 4.69) is 10.5 Å². The number of amides is 1. The predicted molar refractivity (Wildman–Crippen MR) is 31.8 cm³/mol. The van der Waals surface area contributed by atoms with Crippen molar-refractivity contribution in [1.29, 1.82) is 0 Å². The van der Waals surface area contributed by atoms with Crippen LogP contribution in [0, 0.1) is 0 Å². The van der Waals surface area contributed by atoms with Crippen molar-refractivity contribution in [1.82, 2.24) is 0 Å². The zero-order valence-electron chi connectivity index (χ0n) is 5.21. The highest BCUT2D eigenvalue weighted by Crippen LogP contribution is 1.92. The molecule has 0 bridgehead atoms. The maximum absolute atomic E-state index is 12.0. The number of primary amides is 1. The van der Waals surface area contributed by atoms with Crippen LogP contribution in [0.2, 0.25) is 0 Å². The molecular formula is C5H8FNO3. The summed E-state index contributed by atoms with van der Waals surface area (Å²) in [7, 11) is 0. The first kappa shape index (κ1) is 8.90. The van der Waals surface area contributed by atoms with Gasteiger partial charge in [-0.25, -0.2) is 9.18 Å². The predicted octanol–water partition coefficient (Wildman–Crippen LogP) is -0.0726. The minimum absolute atomic E-state index is 0.248. The third-order valence-corrected chi connectivity index (χ3v) is 0.681. The molecule has 0 atom stereocenters. The van der Waals surface area contributed by atoms with Gasteiger partial charge in [0.25, 0.3) is 0 Å². The van der Waals surface area contributed by atoms with Crippen molar-refractivity contribution in [2.24, 2.45) is 5.73 Å². The second kappa shape index (κ2) is 4.75. The fourth-order valence-corrected chi connectivity index (χ4v) is 0.279. The molecule has 0 aromatic carbocycles. The van der Waals surface area contributed by atoms with Crippen LogP contribution in [0.5, 0.6) is 0 Å². The van der Waals surface area contributed by atoms with Gasteiger partial charge in [0, 0.05) is 0 Å². The first-order valence-electron chi connectivity index (χ1n) is 2.54. The maximum Gasteiger partial charge on any atom is 0.404 e. The van der Waals surface area contributed by atoms with Crippen LogP contribution < -0.4 is 5.73 Å². The smallest absolute Gasteiger partial charge is 0.404 e. The number of aliphatic hydroxyl groups is 1. The summed E-state index contributed by atoms with van der Waals surface area (Å²) in [6.45, 7) is -0.941. The van der Waals surface area contributed by atoms with Crippen LogP contribution in [0.3, 0.4) is 0 Å². The summed E-state index contributed by atoms with van der Waals surface area (Å²) in [5.41, 5.74) is 4.54. The molecule has 0 saturated carbocycles. The van der Waals surface area contributed by atoms with Gasteiger partial charge < -0.3 is 15.6 Å². The monoisotopic (exact) mass is 149 g/mol. The summed E-state index contributed by atoms with van der Waals surface area (Å²) in [5.74, 6) is -0.749.